The Morgan fingerprint density at radius 2 is 1.94 bits per heavy atom. The molecule has 0 saturated carbocycles. The van der Waals surface area contributed by atoms with Crippen LogP contribution in [0.5, 0.6) is 5.75 Å². The molecule has 0 radical (unpaired) electrons. The molecule has 0 aliphatic carbocycles. The van der Waals surface area contributed by atoms with E-state index in [0.29, 0.717) is 22.2 Å². The minimum absolute atomic E-state index is 0.0344. The van der Waals surface area contributed by atoms with Gasteiger partial charge in [-0.25, -0.2) is 4.99 Å². The lowest BCUT2D eigenvalue weighted by Gasteiger charge is -2.09. The molecule has 0 aliphatic rings. The van der Waals surface area contributed by atoms with E-state index in [1.807, 2.05) is 6.92 Å². The molecule has 178 valence electrons. The van der Waals surface area contributed by atoms with E-state index in [4.69, 9.17) is 16.2 Å². The summed E-state index contributed by atoms with van der Waals surface area (Å²) in [5.41, 5.74) is 11.2. The fourth-order valence-corrected chi connectivity index (χ4v) is 3.20. The molecule has 0 aliphatic heterocycles. The first-order valence-electron chi connectivity index (χ1n) is 9.92. The molecule has 3 rings (SSSR count). The fourth-order valence-electron chi connectivity index (χ4n) is 2.71. The van der Waals surface area contributed by atoms with E-state index < -0.39 is 11.7 Å². The third-order valence-electron chi connectivity index (χ3n) is 4.13. The number of hydrogen-bond donors (Lipinski definition) is 4. The molecule has 34 heavy (non-hydrogen) atoms. The number of H-pyrrole nitrogens is 1. The normalized spacial score (nSPS) is 11.7. The number of aliphatic imine (C=N–C) groups is 1. The van der Waals surface area contributed by atoms with Gasteiger partial charge in [-0.3, -0.25) is 0 Å². The molecule has 0 amide bonds. The van der Waals surface area contributed by atoms with Crippen molar-refractivity contribution < 1.29 is 17.9 Å². The van der Waals surface area contributed by atoms with Gasteiger partial charge in [0.25, 0.3) is 0 Å². The molecule has 1 heterocycles. The fraction of sp³-hybridized carbons (Fsp3) is 0.136. The van der Waals surface area contributed by atoms with E-state index in [1.54, 1.807) is 24.3 Å². The van der Waals surface area contributed by atoms with Crippen LogP contribution in [0.3, 0.4) is 0 Å². The van der Waals surface area contributed by atoms with Crippen molar-refractivity contribution in [2.24, 2.45) is 16.5 Å². The lowest BCUT2D eigenvalue weighted by molar-refractivity contribution is -0.137. The summed E-state index contributed by atoms with van der Waals surface area (Å²) in [5, 5.41) is 11.3. The molecular formula is C22H22F3N7OS. The van der Waals surface area contributed by atoms with Crippen molar-refractivity contribution in [2.45, 2.75) is 13.1 Å². The number of aromatic amines is 1. The van der Waals surface area contributed by atoms with Crippen molar-refractivity contribution in [3.63, 3.8) is 0 Å². The number of anilines is 2. The minimum Gasteiger partial charge on any atom is -0.439 e. The van der Waals surface area contributed by atoms with Crippen LogP contribution in [0.2, 0.25) is 0 Å². The van der Waals surface area contributed by atoms with E-state index >= 15 is 0 Å². The lowest BCUT2D eigenvalue weighted by Crippen LogP contribution is -2.14. The monoisotopic (exact) mass is 489 g/mol. The summed E-state index contributed by atoms with van der Waals surface area (Å²) in [5.74, 6) is 2.09. The second-order valence-electron chi connectivity index (χ2n) is 6.77. The summed E-state index contributed by atoms with van der Waals surface area (Å²) >= 11 is 1.45. The van der Waals surface area contributed by atoms with Crippen LogP contribution in [0, 0.1) is 0 Å². The maximum absolute atomic E-state index is 12.9. The summed E-state index contributed by atoms with van der Waals surface area (Å²) in [7, 11) is 0. The Labute approximate surface area is 198 Å². The zero-order chi connectivity index (χ0) is 24.7. The number of nitrogens with one attached hydrogen (secondary N) is 2. The zero-order valence-corrected chi connectivity index (χ0v) is 18.9. The van der Waals surface area contributed by atoms with Gasteiger partial charge >= 0.3 is 6.18 Å². The standard InChI is InChI=1S/C22H22F3N7OS/c1-3-34-13(2)28-19(12-18(26)27)33-17-9-7-14(8-10-17)20-30-21(32-31-20)29-16-6-4-5-15(11-16)22(23,24)25/h4-12H,2-3,26-27H2,1H3,(H2,29,30,31,32)/b28-19+. The highest BCUT2D eigenvalue weighted by Gasteiger charge is 2.30. The summed E-state index contributed by atoms with van der Waals surface area (Å²) < 4.78 is 44.4. The van der Waals surface area contributed by atoms with Gasteiger partial charge < -0.3 is 26.5 Å². The third kappa shape index (κ3) is 7.04. The number of aromatic nitrogens is 3. The summed E-state index contributed by atoms with van der Waals surface area (Å²) in [4.78, 5) is 7.19. The Hall–Kier alpha value is -3.93. The largest absolute Gasteiger partial charge is 0.439 e. The smallest absolute Gasteiger partial charge is 0.416 e. The lowest BCUT2D eigenvalue weighted by atomic mass is 10.2. The molecule has 0 fully saturated rings. The van der Waals surface area contributed by atoms with Crippen LogP contribution in [0.4, 0.5) is 24.8 Å². The number of alkyl halides is 3. The van der Waals surface area contributed by atoms with Gasteiger partial charge in [-0.2, -0.15) is 13.2 Å². The molecule has 3 aromatic rings. The molecule has 0 spiro atoms. The van der Waals surface area contributed by atoms with Crippen LogP contribution in [0.1, 0.15) is 12.5 Å². The topological polar surface area (TPSA) is 127 Å². The van der Waals surface area contributed by atoms with Crippen molar-refractivity contribution in [1.82, 2.24) is 15.2 Å². The second-order valence-corrected chi connectivity index (χ2v) is 8.11. The Morgan fingerprint density at radius 3 is 2.59 bits per heavy atom. The Kier molecular flexibility index (Phi) is 7.84. The van der Waals surface area contributed by atoms with Gasteiger partial charge in [-0.05, 0) is 48.2 Å². The number of nitrogens with two attached hydrogens (primary N) is 2. The molecule has 2 aromatic carbocycles. The third-order valence-corrected chi connectivity index (χ3v) is 4.84. The Balaban J connectivity index is 1.72. The van der Waals surface area contributed by atoms with Crippen LogP contribution in [-0.2, 0) is 6.18 Å². The van der Waals surface area contributed by atoms with E-state index in [-0.39, 0.29) is 23.4 Å². The first kappa shape index (κ1) is 24.7. The minimum atomic E-state index is -4.44. The zero-order valence-electron chi connectivity index (χ0n) is 18.1. The number of ether oxygens (including phenoxy) is 1. The van der Waals surface area contributed by atoms with Gasteiger partial charge in [0.1, 0.15) is 5.75 Å². The molecule has 6 N–H and O–H groups in total. The van der Waals surface area contributed by atoms with Gasteiger partial charge in [0, 0.05) is 17.3 Å². The number of hydrogen-bond acceptors (Lipinski definition) is 8. The van der Waals surface area contributed by atoms with Crippen molar-refractivity contribution in [3.8, 4) is 17.1 Å². The van der Waals surface area contributed by atoms with Crippen LogP contribution < -0.4 is 21.5 Å². The number of rotatable bonds is 8. The molecule has 12 heteroatoms. The molecule has 0 atom stereocenters. The van der Waals surface area contributed by atoms with E-state index in [2.05, 4.69) is 32.1 Å². The van der Waals surface area contributed by atoms with E-state index in [9.17, 15) is 13.2 Å². The molecule has 1 aromatic heterocycles. The first-order valence-corrected chi connectivity index (χ1v) is 10.9. The molecular weight excluding hydrogens is 467 g/mol. The maximum atomic E-state index is 12.9. The van der Waals surface area contributed by atoms with E-state index in [0.717, 1.165) is 17.9 Å². The van der Waals surface area contributed by atoms with Gasteiger partial charge in [0.2, 0.25) is 11.8 Å². The number of benzene rings is 2. The van der Waals surface area contributed by atoms with E-state index in [1.165, 1.54) is 30.0 Å². The molecule has 0 saturated heterocycles. The van der Waals surface area contributed by atoms with Crippen molar-refractivity contribution >= 4 is 29.3 Å². The average Bonchev–Trinajstić information content (AvgIpc) is 3.22. The summed E-state index contributed by atoms with van der Waals surface area (Å²) in [6.07, 6.45) is -3.05. The predicted octanol–water partition coefficient (Wildman–Crippen LogP) is 4.99. The Morgan fingerprint density at radius 1 is 1.21 bits per heavy atom. The van der Waals surface area contributed by atoms with Crippen molar-refractivity contribution in [1.29, 1.82) is 0 Å². The quantitative estimate of drug-likeness (QED) is 0.259. The maximum Gasteiger partial charge on any atom is 0.416 e. The van der Waals surface area contributed by atoms with Crippen LogP contribution in [0.25, 0.3) is 11.4 Å². The van der Waals surface area contributed by atoms with Crippen LogP contribution in [-0.4, -0.2) is 26.8 Å². The SMILES string of the molecule is C=C(/N=C(\C=C(N)N)Oc1ccc(-c2nnc(Nc3cccc(C(F)(F)F)c3)[nH]2)cc1)SCC. The first-order chi connectivity index (χ1) is 16.1. The van der Waals surface area contributed by atoms with Gasteiger partial charge in [0.15, 0.2) is 5.82 Å². The highest BCUT2D eigenvalue weighted by Crippen LogP contribution is 2.31. The summed E-state index contributed by atoms with van der Waals surface area (Å²) in [6, 6.07) is 11.6. The highest BCUT2D eigenvalue weighted by atomic mass is 32.2. The van der Waals surface area contributed by atoms with Gasteiger partial charge in [-0.15, -0.1) is 22.0 Å². The number of nitrogens with zero attached hydrogens (tertiary/aromatic N) is 3. The predicted molar refractivity (Wildman–Crippen MR) is 128 cm³/mol. The highest BCUT2D eigenvalue weighted by molar-refractivity contribution is 8.03. The molecule has 8 nitrogen and oxygen atoms in total. The van der Waals surface area contributed by atoms with Crippen molar-refractivity contribution in [2.75, 3.05) is 11.1 Å². The Bertz CT molecular complexity index is 1200. The average molecular weight is 490 g/mol. The van der Waals surface area contributed by atoms with Gasteiger partial charge in [-0.1, -0.05) is 19.6 Å². The molecule has 0 unspecified atom stereocenters. The van der Waals surface area contributed by atoms with Gasteiger partial charge in [0.05, 0.1) is 16.4 Å². The van der Waals surface area contributed by atoms with Crippen LogP contribution >= 0.6 is 11.8 Å². The van der Waals surface area contributed by atoms with Crippen molar-refractivity contribution in [3.05, 3.63) is 77.6 Å². The number of thioether (sulfide) groups is 1. The summed E-state index contributed by atoms with van der Waals surface area (Å²) in [6.45, 7) is 5.81. The number of halogens is 3. The second kappa shape index (κ2) is 10.8. The van der Waals surface area contributed by atoms with Crippen LogP contribution in [0.15, 0.2) is 77.0 Å². The molecule has 0 bridgehead atoms.